The Morgan fingerprint density at radius 2 is 2.08 bits per heavy atom. The maximum Gasteiger partial charge on any atom is 0.0600 e. The van der Waals surface area contributed by atoms with Gasteiger partial charge in [0, 0.05) is 7.11 Å². The van der Waals surface area contributed by atoms with Gasteiger partial charge in [-0.2, -0.15) is 0 Å². The molecule has 12 heavy (non-hydrogen) atoms. The van der Waals surface area contributed by atoms with Crippen molar-refractivity contribution in [3.05, 3.63) is 0 Å². The van der Waals surface area contributed by atoms with Gasteiger partial charge in [-0.3, -0.25) is 0 Å². The van der Waals surface area contributed by atoms with Gasteiger partial charge < -0.3 is 10.1 Å². The zero-order valence-electron chi connectivity index (χ0n) is 8.31. The van der Waals surface area contributed by atoms with Crippen LogP contribution in [0, 0.1) is 5.92 Å². The van der Waals surface area contributed by atoms with Crippen molar-refractivity contribution in [3.63, 3.8) is 0 Å². The second-order valence-corrected chi connectivity index (χ2v) is 3.71. The molecular formula is C10H21NO. The van der Waals surface area contributed by atoms with Gasteiger partial charge in [-0.15, -0.1) is 0 Å². The average Bonchev–Trinajstić information content (AvgIpc) is 2.15. The molecule has 0 amide bonds. The maximum absolute atomic E-state index is 5.47. The molecule has 0 aromatic heterocycles. The van der Waals surface area contributed by atoms with Gasteiger partial charge in [0.2, 0.25) is 0 Å². The van der Waals surface area contributed by atoms with Crippen LogP contribution in [0.3, 0.4) is 0 Å². The van der Waals surface area contributed by atoms with E-state index >= 15 is 0 Å². The molecule has 1 rings (SSSR count). The highest BCUT2D eigenvalue weighted by molar-refractivity contribution is 4.75. The van der Waals surface area contributed by atoms with Gasteiger partial charge in [-0.1, -0.05) is 12.8 Å². The molecule has 1 aliphatic rings. The normalized spacial score (nSPS) is 30.5. The standard InChI is InChI=1S/C10H21NO/c1-11-8-7-9-5-3-4-6-10(9)12-2/h9-11H,3-8H2,1-2H3/t9-,10-/m1/s1. The first-order chi connectivity index (χ1) is 5.88. The molecule has 2 nitrogen and oxygen atoms in total. The van der Waals surface area contributed by atoms with Crippen molar-refractivity contribution in [2.24, 2.45) is 5.92 Å². The largest absolute Gasteiger partial charge is 0.381 e. The molecule has 1 aliphatic carbocycles. The van der Waals surface area contributed by atoms with Crippen LogP contribution >= 0.6 is 0 Å². The number of hydrogen-bond donors (Lipinski definition) is 1. The molecule has 0 heterocycles. The quantitative estimate of drug-likeness (QED) is 0.696. The Hall–Kier alpha value is -0.0800. The van der Waals surface area contributed by atoms with Gasteiger partial charge >= 0.3 is 0 Å². The molecule has 0 saturated heterocycles. The molecule has 0 aromatic carbocycles. The maximum atomic E-state index is 5.47. The molecule has 2 heteroatoms. The number of hydrogen-bond acceptors (Lipinski definition) is 2. The van der Waals surface area contributed by atoms with E-state index in [0.29, 0.717) is 6.10 Å². The number of rotatable bonds is 4. The summed E-state index contributed by atoms with van der Waals surface area (Å²) >= 11 is 0. The first-order valence-corrected chi connectivity index (χ1v) is 5.06. The third-order valence-corrected chi connectivity index (χ3v) is 2.91. The topological polar surface area (TPSA) is 21.3 Å². The van der Waals surface area contributed by atoms with E-state index in [1.54, 1.807) is 0 Å². The number of nitrogens with one attached hydrogen (secondary N) is 1. The molecule has 0 bridgehead atoms. The fourth-order valence-corrected chi connectivity index (χ4v) is 2.14. The smallest absolute Gasteiger partial charge is 0.0600 e. The summed E-state index contributed by atoms with van der Waals surface area (Å²) in [6.45, 7) is 1.13. The van der Waals surface area contributed by atoms with Crippen molar-refractivity contribution >= 4 is 0 Å². The van der Waals surface area contributed by atoms with E-state index in [0.717, 1.165) is 12.5 Å². The second kappa shape index (κ2) is 5.55. The molecule has 1 N–H and O–H groups in total. The van der Waals surface area contributed by atoms with Crippen molar-refractivity contribution in [3.8, 4) is 0 Å². The Bertz CT molecular complexity index is 116. The minimum atomic E-state index is 0.534. The van der Waals surface area contributed by atoms with Gasteiger partial charge in [0.25, 0.3) is 0 Å². The van der Waals surface area contributed by atoms with Gasteiger partial charge in [0.1, 0.15) is 0 Å². The average molecular weight is 171 g/mol. The number of ether oxygens (including phenoxy) is 1. The Balaban J connectivity index is 2.26. The predicted molar refractivity (Wildman–Crippen MR) is 51.3 cm³/mol. The lowest BCUT2D eigenvalue weighted by Gasteiger charge is -2.30. The highest BCUT2D eigenvalue weighted by atomic mass is 16.5. The first kappa shape index (κ1) is 10.0. The van der Waals surface area contributed by atoms with Crippen molar-refractivity contribution in [1.29, 1.82) is 0 Å². The van der Waals surface area contributed by atoms with Gasteiger partial charge in [-0.25, -0.2) is 0 Å². The van der Waals surface area contributed by atoms with Crippen LogP contribution in [0.1, 0.15) is 32.1 Å². The summed E-state index contributed by atoms with van der Waals surface area (Å²) in [6.07, 6.45) is 7.19. The van der Waals surface area contributed by atoms with Crippen molar-refractivity contribution in [1.82, 2.24) is 5.32 Å². The highest BCUT2D eigenvalue weighted by Crippen LogP contribution is 2.28. The lowest BCUT2D eigenvalue weighted by atomic mass is 9.84. The van der Waals surface area contributed by atoms with Crippen molar-refractivity contribution < 1.29 is 4.74 Å². The fourth-order valence-electron chi connectivity index (χ4n) is 2.14. The summed E-state index contributed by atoms with van der Waals surface area (Å²) in [5, 5.41) is 3.20. The minimum absolute atomic E-state index is 0.534. The zero-order chi connectivity index (χ0) is 8.81. The molecule has 2 atom stereocenters. The van der Waals surface area contributed by atoms with Gasteiger partial charge in [0.15, 0.2) is 0 Å². The second-order valence-electron chi connectivity index (χ2n) is 3.71. The minimum Gasteiger partial charge on any atom is -0.381 e. The third-order valence-electron chi connectivity index (χ3n) is 2.91. The van der Waals surface area contributed by atoms with Gasteiger partial charge in [0.05, 0.1) is 6.10 Å². The van der Waals surface area contributed by atoms with Gasteiger partial charge in [-0.05, 0) is 38.8 Å². The molecule has 0 aliphatic heterocycles. The van der Waals surface area contributed by atoms with Crippen LogP contribution in [0.2, 0.25) is 0 Å². The first-order valence-electron chi connectivity index (χ1n) is 5.06. The fraction of sp³-hybridized carbons (Fsp3) is 1.00. The monoisotopic (exact) mass is 171 g/mol. The molecule has 0 radical (unpaired) electrons. The molecule has 1 fully saturated rings. The van der Waals surface area contributed by atoms with E-state index in [1.165, 1.54) is 32.1 Å². The highest BCUT2D eigenvalue weighted by Gasteiger charge is 2.23. The summed E-state index contributed by atoms with van der Waals surface area (Å²) in [5.41, 5.74) is 0. The van der Waals surface area contributed by atoms with E-state index < -0.39 is 0 Å². The van der Waals surface area contributed by atoms with E-state index in [9.17, 15) is 0 Å². The van der Waals surface area contributed by atoms with Crippen LogP contribution in [0.5, 0.6) is 0 Å². The molecular weight excluding hydrogens is 150 g/mol. The Kier molecular flexibility index (Phi) is 4.62. The summed E-state index contributed by atoms with van der Waals surface area (Å²) in [6, 6.07) is 0. The van der Waals surface area contributed by atoms with E-state index in [1.807, 2.05) is 14.2 Å². The molecule has 1 saturated carbocycles. The SMILES string of the molecule is CNCC[C@H]1CCCC[C@H]1OC. The van der Waals surface area contributed by atoms with Crippen LogP contribution < -0.4 is 5.32 Å². The zero-order valence-corrected chi connectivity index (χ0v) is 8.31. The van der Waals surface area contributed by atoms with Crippen LogP contribution in [-0.4, -0.2) is 26.8 Å². The molecule has 72 valence electrons. The Morgan fingerprint density at radius 1 is 1.33 bits per heavy atom. The molecule has 0 aromatic rings. The van der Waals surface area contributed by atoms with E-state index in [-0.39, 0.29) is 0 Å². The summed E-state index contributed by atoms with van der Waals surface area (Å²) < 4.78 is 5.47. The van der Waals surface area contributed by atoms with Crippen LogP contribution in [0.25, 0.3) is 0 Å². The summed E-state index contributed by atoms with van der Waals surface area (Å²) in [4.78, 5) is 0. The lowest BCUT2D eigenvalue weighted by molar-refractivity contribution is 0.0207. The van der Waals surface area contributed by atoms with Crippen molar-refractivity contribution in [2.75, 3.05) is 20.7 Å². The van der Waals surface area contributed by atoms with E-state index in [2.05, 4.69) is 5.32 Å². The predicted octanol–water partition coefficient (Wildman–Crippen LogP) is 1.80. The summed E-state index contributed by atoms with van der Waals surface area (Å²) in [5.74, 6) is 0.802. The Labute approximate surface area is 75.7 Å². The number of methoxy groups -OCH3 is 1. The molecule has 0 spiro atoms. The van der Waals surface area contributed by atoms with Crippen molar-refractivity contribution in [2.45, 2.75) is 38.2 Å². The van der Waals surface area contributed by atoms with Crippen LogP contribution in [0.15, 0.2) is 0 Å². The Morgan fingerprint density at radius 3 is 2.75 bits per heavy atom. The van der Waals surface area contributed by atoms with E-state index in [4.69, 9.17) is 4.74 Å². The summed E-state index contributed by atoms with van der Waals surface area (Å²) in [7, 11) is 3.87. The third kappa shape index (κ3) is 2.76. The van der Waals surface area contributed by atoms with Crippen LogP contribution in [-0.2, 0) is 4.74 Å². The van der Waals surface area contributed by atoms with Crippen LogP contribution in [0.4, 0.5) is 0 Å². The lowest BCUT2D eigenvalue weighted by Crippen LogP contribution is -2.29. The molecule has 0 unspecified atom stereocenters.